The number of hydrogen-bond donors (Lipinski definition) is 7. The van der Waals surface area contributed by atoms with Crippen molar-refractivity contribution in [2.75, 3.05) is 25.9 Å². The third-order valence-electron chi connectivity index (χ3n) is 7.37. The van der Waals surface area contributed by atoms with E-state index in [9.17, 15) is 34.7 Å². The zero-order valence-corrected chi connectivity index (χ0v) is 25.5. The molecule has 0 aromatic rings. The Balaban J connectivity index is 1.97. The Morgan fingerprint density at radius 2 is 1.50 bits per heavy atom. The molecule has 7 N–H and O–H groups in total. The zero-order chi connectivity index (χ0) is 29.6. The molecule has 0 spiro atoms. The second kappa shape index (κ2) is 22.7. The van der Waals surface area contributed by atoms with Crippen molar-refractivity contribution >= 4 is 13.5 Å². The van der Waals surface area contributed by atoms with E-state index in [1.54, 1.807) is 0 Å². The van der Waals surface area contributed by atoms with Gasteiger partial charge in [-0.05, 0) is 44.9 Å². The molecule has 1 heterocycles. The van der Waals surface area contributed by atoms with E-state index in [-0.39, 0.29) is 25.5 Å². The number of carbonyl (C=O) groups is 1. The topological polar surface area (TPSA) is 169 Å². The van der Waals surface area contributed by atoms with Crippen molar-refractivity contribution < 1.29 is 39.2 Å². The fourth-order valence-electron chi connectivity index (χ4n) is 4.95. The Labute approximate surface area is 241 Å². The lowest BCUT2D eigenvalue weighted by Crippen LogP contribution is -2.38. The summed E-state index contributed by atoms with van der Waals surface area (Å²) in [5.74, 6) is -0.0359. The fraction of sp³-hybridized carbons (Fsp3) is 0.897. The minimum absolute atomic E-state index is 0.0359. The van der Waals surface area contributed by atoms with Crippen LogP contribution in [0.1, 0.15) is 110 Å². The van der Waals surface area contributed by atoms with Crippen LogP contribution in [0.3, 0.4) is 0 Å². The Morgan fingerprint density at radius 1 is 0.925 bits per heavy atom. The third-order valence-corrected chi connectivity index (χ3v) is 8.84. The van der Waals surface area contributed by atoms with Gasteiger partial charge in [0.05, 0.1) is 43.7 Å². The van der Waals surface area contributed by atoms with Crippen LogP contribution in [0.15, 0.2) is 12.2 Å². The monoisotopic (exact) mass is 592 g/mol. The van der Waals surface area contributed by atoms with Gasteiger partial charge in [-0.25, -0.2) is 0 Å². The maximum Gasteiger partial charge on any atom is 0.330 e. The molecule has 1 saturated heterocycles. The molecule has 0 radical (unpaired) electrons. The van der Waals surface area contributed by atoms with Gasteiger partial charge in [0.2, 0.25) is 5.91 Å². The molecular weight excluding hydrogens is 535 g/mol. The Morgan fingerprint density at radius 3 is 2.10 bits per heavy atom. The predicted molar refractivity (Wildman–Crippen MR) is 158 cm³/mol. The van der Waals surface area contributed by atoms with Crippen LogP contribution in [0.2, 0.25) is 0 Å². The number of amides is 1. The van der Waals surface area contributed by atoms with E-state index in [0.29, 0.717) is 19.4 Å². The molecule has 1 fully saturated rings. The van der Waals surface area contributed by atoms with Crippen molar-refractivity contribution in [2.24, 2.45) is 0 Å². The number of allylic oxidation sites excluding steroid dienone is 2. The number of aliphatic hydroxyl groups excluding tert-OH is 4. The molecule has 236 valence electrons. The van der Waals surface area contributed by atoms with Crippen LogP contribution in [0, 0.1) is 0 Å². The lowest BCUT2D eigenvalue weighted by Gasteiger charge is -2.21. The SMILES string of the molecule is CCCCCCCC/C=C\CCCCCCCC(=O)NCCCOP(=O)(O)C[C@H](O)C[C@H]1N[C@H](CO)[C@@H](O)[C@@H]1O. The first kappa shape index (κ1) is 37.2. The van der Waals surface area contributed by atoms with Crippen molar-refractivity contribution in [1.29, 1.82) is 0 Å². The smallest absolute Gasteiger partial charge is 0.330 e. The van der Waals surface area contributed by atoms with Crippen LogP contribution in [0.4, 0.5) is 0 Å². The molecule has 0 saturated carbocycles. The van der Waals surface area contributed by atoms with Gasteiger partial charge in [0, 0.05) is 19.0 Å². The molecule has 1 rings (SSSR count). The van der Waals surface area contributed by atoms with Crippen LogP contribution in [-0.4, -0.2) is 87.5 Å². The van der Waals surface area contributed by atoms with Crippen LogP contribution in [0.25, 0.3) is 0 Å². The van der Waals surface area contributed by atoms with Crippen LogP contribution >= 0.6 is 7.60 Å². The van der Waals surface area contributed by atoms with Crippen molar-refractivity contribution in [3.63, 3.8) is 0 Å². The third kappa shape index (κ3) is 17.9. The Kier molecular flexibility index (Phi) is 21.1. The van der Waals surface area contributed by atoms with E-state index in [1.165, 1.54) is 57.8 Å². The van der Waals surface area contributed by atoms with E-state index < -0.39 is 44.2 Å². The van der Waals surface area contributed by atoms with Crippen molar-refractivity contribution in [3.8, 4) is 0 Å². The van der Waals surface area contributed by atoms with Gasteiger partial charge in [-0.3, -0.25) is 9.36 Å². The second-order valence-electron chi connectivity index (χ2n) is 11.1. The molecule has 10 nitrogen and oxygen atoms in total. The Bertz CT molecular complexity index is 726. The standard InChI is InChI=1S/C29H57N2O8P/c1-2-3-4-5-6-7-8-9-10-11-12-13-14-15-16-18-27(34)30-19-17-20-39-40(37,38)23-24(33)21-25-28(35)29(36)26(22-32)31-25/h9-10,24-26,28-29,31-33,35-36H,2-8,11-23H2,1H3,(H,30,34)(H,37,38)/b10-9-/t24-,25-,26-,28-,29-/m1/s1. The van der Waals surface area contributed by atoms with E-state index in [1.807, 2.05) is 0 Å². The van der Waals surface area contributed by atoms with Gasteiger partial charge in [0.15, 0.2) is 0 Å². The van der Waals surface area contributed by atoms with Gasteiger partial charge in [0.25, 0.3) is 0 Å². The first-order chi connectivity index (χ1) is 19.2. The summed E-state index contributed by atoms with van der Waals surface area (Å²) in [5.41, 5.74) is 0. The number of rotatable bonds is 25. The summed E-state index contributed by atoms with van der Waals surface area (Å²) in [4.78, 5) is 22.0. The lowest BCUT2D eigenvalue weighted by atomic mass is 10.0. The summed E-state index contributed by atoms with van der Waals surface area (Å²) in [6, 6.07) is -1.42. The number of hydrogen-bond acceptors (Lipinski definition) is 8. The average Bonchev–Trinajstić information content (AvgIpc) is 3.17. The number of aliphatic hydroxyl groups is 4. The summed E-state index contributed by atoms with van der Waals surface area (Å²) in [7, 11) is -4.06. The first-order valence-electron chi connectivity index (χ1n) is 15.5. The van der Waals surface area contributed by atoms with E-state index in [0.717, 1.165) is 25.7 Å². The van der Waals surface area contributed by atoms with Crippen molar-refractivity contribution in [2.45, 2.75) is 140 Å². The summed E-state index contributed by atoms with van der Waals surface area (Å²) in [6.45, 7) is 2.17. The molecular formula is C29H57N2O8P. The molecule has 1 aliphatic heterocycles. The van der Waals surface area contributed by atoms with Gasteiger partial charge in [-0.2, -0.15) is 0 Å². The highest BCUT2D eigenvalue weighted by atomic mass is 31.2. The van der Waals surface area contributed by atoms with Crippen molar-refractivity contribution in [1.82, 2.24) is 10.6 Å². The fourth-order valence-corrected chi connectivity index (χ4v) is 6.16. The van der Waals surface area contributed by atoms with Gasteiger partial charge < -0.3 is 40.5 Å². The molecule has 0 aromatic carbocycles. The van der Waals surface area contributed by atoms with Gasteiger partial charge in [-0.15, -0.1) is 0 Å². The zero-order valence-electron chi connectivity index (χ0n) is 24.6. The normalized spacial score (nSPS) is 23.4. The van der Waals surface area contributed by atoms with Crippen LogP contribution in [0.5, 0.6) is 0 Å². The maximum absolute atomic E-state index is 12.2. The molecule has 40 heavy (non-hydrogen) atoms. The molecule has 0 aliphatic carbocycles. The summed E-state index contributed by atoms with van der Waals surface area (Å²) in [5, 5.41) is 44.7. The molecule has 1 unspecified atom stereocenters. The largest absolute Gasteiger partial charge is 0.395 e. The van der Waals surface area contributed by atoms with Gasteiger partial charge in [0.1, 0.15) is 0 Å². The number of unbranched alkanes of at least 4 members (excludes halogenated alkanes) is 11. The van der Waals surface area contributed by atoms with E-state index >= 15 is 0 Å². The summed E-state index contributed by atoms with van der Waals surface area (Å²) < 4.78 is 17.3. The Hall–Kier alpha value is -0.840. The minimum Gasteiger partial charge on any atom is -0.395 e. The number of nitrogens with one attached hydrogen (secondary N) is 2. The van der Waals surface area contributed by atoms with Gasteiger partial charge in [-0.1, -0.05) is 70.4 Å². The summed E-state index contributed by atoms with van der Waals surface area (Å²) >= 11 is 0. The average molecular weight is 593 g/mol. The van der Waals surface area contributed by atoms with E-state index in [4.69, 9.17) is 4.52 Å². The summed E-state index contributed by atoms with van der Waals surface area (Å²) in [6.07, 6.45) is 17.0. The molecule has 0 aromatic heterocycles. The second-order valence-corrected chi connectivity index (χ2v) is 13.0. The van der Waals surface area contributed by atoms with Gasteiger partial charge >= 0.3 is 7.60 Å². The van der Waals surface area contributed by atoms with Crippen molar-refractivity contribution in [3.05, 3.63) is 12.2 Å². The molecule has 6 atom stereocenters. The first-order valence-corrected chi connectivity index (χ1v) is 17.3. The quantitative estimate of drug-likeness (QED) is 0.0476. The highest BCUT2D eigenvalue weighted by Gasteiger charge is 2.41. The molecule has 1 amide bonds. The maximum atomic E-state index is 12.2. The molecule has 11 heteroatoms. The lowest BCUT2D eigenvalue weighted by molar-refractivity contribution is -0.121. The van der Waals surface area contributed by atoms with E-state index in [2.05, 4.69) is 29.7 Å². The van der Waals surface area contributed by atoms with Crippen LogP contribution in [-0.2, 0) is 13.9 Å². The number of carbonyl (C=O) groups excluding carboxylic acids is 1. The predicted octanol–water partition coefficient (Wildman–Crippen LogP) is 3.54. The van der Waals surface area contributed by atoms with Crippen LogP contribution < -0.4 is 10.6 Å². The molecule has 1 aliphatic rings. The highest BCUT2D eigenvalue weighted by molar-refractivity contribution is 7.52. The highest BCUT2D eigenvalue weighted by Crippen LogP contribution is 2.43. The molecule has 0 bridgehead atoms. The minimum atomic E-state index is -4.06.